The fraction of sp³-hybridized carbons (Fsp3) is 0.609. The maximum absolute atomic E-state index is 5.74. The van der Waals surface area contributed by atoms with E-state index < -0.39 is 16.6 Å². The summed E-state index contributed by atoms with van der Waals surface area (Å²) < 4.78 is 13.0. The van der Waals surface area contributed by atoms with Crippen LogP contribution in [0.3, 0.4) is 0 Å². The van der Waals surface area contributed by atoms with Crippen molar-refractivity contribution in [3.8, 4) is 0 Å². The Labute approximate surface area is 216 Å². The molecule has 0 N–H and O–H groups in total. The van der Waals surface area contributed by atoms with Crippen molar-refractivity contribution in [1.29, 1.82) is 0 Å². The summed E-state index contributed by atoms with van der Waals surface area (Å²) in [6.07, 6.45) is 19.0. The molecule has 0 saturated heterocycles. The summed E-state index contributed by atoms with van der Waals surface area (Å²) in [5.41, 5.74) is 2.77. The van der Waals surface area contributed by atoms with E-state index >= 15 is 0 Å². The number of allylic oxidation sites excluding steroid dienone is 6. The van der Waals surface area contributed by atoms with Crippen molar-refractivity contribution in [3.05, 3.63) is 47.6 Å². The number of hydrogen-bond acceptors (Lipinski definition) is 2. The van der Waals surface area contributed by atoms with E-state index in [-0.39, 0.29) is 24.8 Å². The van der Waals surface area contributed by atoms with Gasteiger partial charge in [0.2, 0.25) is 0 Å². The largest absolute Gasteiger partial charge is 1.00 e. The van der Waals surface area contributed by atoms with Gasteiger partial charge >= 0.3 is 41.3 Å². The summed E-state index contributed by atoms with van der Waals surface area (Å²) in [6.45, 7) is 19.3. The molecule has 30 heavy (non-hydrogen) atoms. The van der Waals surface area contributed by atoms with E-state index in [1.54, 1.807) is 24.2 Å². The standard InChI is InChI=1S/2C10H17OSi.C3H6.2ClH.Zr/c2*1-12(2,3)11-9-8-10-6-4-5-7-10;1-3-2;;;/h2*6-7H,4,8-9H2,1-3H3;1-2H3;2*1H;/q2*-1;;;;+2/p-2. The molecule has 0 aromatic carbocycles. The first kappa shape index (κ1) is 35.2. The van der Waals surface area contributed by atoms with Gasteiger partial charge in [-0.05, 0) is 39.3 Å². The first-order chi connectivity index (χ1) is 12.9. The molecule has 0 heterocycles. The predicted octanol–water partition coefficient (Wildman–Crippen LogP) is 0.588. The molecular formula is C23H40Cl2O2Si2Zr-2. The maximum Gasteiger partial charge on any atom is 0.183 e. The molecule has 0 fully saturated rings. The quantitative estimate of drug-likeness (QED) is 0.316. The molecule has 0 radical (unpaired) electrons. The summed E-state index contributed by atoms with van der Waals surface area (Å²) in [4.78, 5) is 0. The van der Waals surface area contributed by atoms with E-state index in [4.69, 9.17) is 8.85 Å². The van der Waals surface area contributed by atoms with Crippen LogP contribution in [0.2, 0.25) is 39.3 Å². The van der Waals surface area contributed by atoms with Crippen molar-refractivity contribution in [2.75, 3.05) is 13.2 Å². The average molecular weight is 567 g/mol. The Kier molecular flexibility index (Phi) is 22.5. The van der Waals surface area contributed by atoms with Gasteiger partial charge in [-0.2, -0.15) is 23.3 Å². The Hall–Kier alpha value is 0.647. The zero-order chi connectivity index (χ0) is 21.6. The average Bonchev–Trinajstić information content (AvgIpc) is 3.18. The third-order valence-electron chi connectivity index (χ3n) is 3.39. The van der Waals surface area contributed by atoms with E-state index in [2.05, 4.69) is 89.6 Å². The molecule has 0 amide bonds. The molecule has 2 aliphatic rings. The topological polar surface area (TPSA) is 18.5 Å². The van der Waals surface area contributed by atoms with Crippen molar-refractivity contribution in [2.45, 2.75) is 78.8 Å². The Bertz CT molecular complexity index is 537. The van der Waals surface area contributed by atoms with Gasteiger partial charge in [-0.3, -0.25) is 12.2 Å². The van der Waals surface area contributed by atoms with E-state index in [0.717, 1.165) is 38.9 Å². The van der Waals surface area contributed by atoms with Gasteiger partial charge in [-0.25, -0.2) is 12.2 Å². The maximum atomic E-state index is 5.74. The first-order valence-corrected chi connectivity index (χ1v) is 18.2. The molecule has 0 spiro atoms. The molecule has 7 heteroatoms. The Balaban J connectivity index is -0.000000391. The van der Waals surface area contributed by atoms with Crippen molar-refractivity contribution < 1.29 is 57.9 Å². The van der Waals surface area contributed by atoms with Crippen LogP contribution in [-0.4, -0.2) is 33.1 Å². The van der Waals surface area contributed by atoms with Crippen LogP contribution >= 0.6 is 0 Å². The second kappa shape index (κ2) is 19.1. The second-order valence-corrected chi connectivity index (χ2v) is 20.6. The van der Waals surface area contributed by atoms with E-state index in [1.165, 1.54) is 14.4 Å². The molecule has 0 unspecified atom stereocenters. The predicted molar refractivity (Wildman–Crippen MR) is 125 cm³/mol. The summed E-state index contributed by atoms with van der Waals surface area (Å²) >= 11 is 1.55. The molecule has 2 aliphatic carbocycles. The van der Waals surface area contributed by atoms with E-state index in [1.807, 2.05) is 0 Å². The van der Waals surface area contributed by atoms with E-state index in [0.29, 0.717) is 0 Å². The minimum atomic E-state index is -1.29. The zero-order valence-electron chi connectivity index (χ0n) is 20.1. The molecular weight excluding hydrogens is 527 g/mol. The summed E-state index contributed by atoms with van der Waals surface area (Å²) in [7, 11) is -2.58. The van der Waals surface area contributed by atoms with Gasteiger partial charge in [0.1, 0.15) is 0 Å². The molecule has 0 bridgehead atoms. The first-order valence-electron chi connectivity index (χ1n) is 10.2. The summed E-state index contributed by atoms with van der Waals surface area (Å²) in [6, 6.07) is 0. The minimum Gasteiger partial charge on any atom is -1.00 e. The molecule has 2 rings (SSSR count). The van der Waals surface area contributed by atoms with E-state index in [9.17, 15) is 0 Å². The Morgan fingerprint density at radius 3 is 1.30 bits per heavy atom. The monoisotopic (exact) mass is 564 g/mol. The molecule has 0 aromatic rings. The molecule has 0 atom stereocenters. The Morgan fingerprint density at radius 2 is 1.10 bits per heavy atom. The van der Waals surface area contributed by atoms with Crippen molar-refractivity contribution in [2.24, 2.45) is 0 Å². The van der Waals surface area contributed by atoms with Crippen LogP contribution in [0, 0.1) is 12.2 Å². The fourth-order valence-electron chi connectivity index (χ4n) is 2.18. The van der Waals surface area contributed by atoms with Gasteiger partial charge in [0.15, 0.2) is 16.6 Å². The SMILES string of the molecule is C[C](C)=[Zr+2].C[Si](C)(C)OCCC1=CC[C-]=C1.C[Si](C)(C)OCCC1=CC[C-]=C1.[Cl-].[Cl-]. The minimum absolute atomic E-state index is 0. The van der Waals surface area contributed by atoms with Gasteiger partial charge in [0, 0.05) is 13.2 Å². The van der Waals surface area contributed by atoms with Gasteiger partial charge in [0.25, 0.3) is 0 Å². The third-order valence-corrected chi connectivity index (χ3v) is 5.53. The van der Waals surface area contributed by atoms with Gasteiger partial charge in [-0.15, -0.1) is 12.8 Å². The van der Waals surface area contributed by atoms with Crippen LogP contribution in [0.25, 0.3) is 0 Å². The van der Waals surface area contributed by atoms with Crippen LogP contribution < -0.4 is 24.8 Å². The molecule has 172 valence electrons. The molecule has 0 saturated carbocycles. The number of hydrogen-bond donors (Lipinski definition) is 0. The normalized spacial score (nSPS) is 14.3. The zero-order valence-corrected chi connectivity index (χ0v) is 26.1. The van der Waals surface area contributed by atoms with Crippen LogP contribution in [-0.2, 0) is 33.1 Å². The van der Waals surface area contributed by atoms with Crippen molar-refractivity contribution in [3.63, 3.8) is 0 Å². The molecule has 2 nitrogen and oxygen atoms in total. The summed E-state index contributed by atoms with van der Waals surface area (Å²) in [5, 5.41) is 0. The second-order valence-electron chi connectivity index (χ2n) is 9.08. The van der Waals surface area contributed by atoms with Crippen LogP contribution in [0.1, 0.15) is 39.5 Å². The number of rotatable bonds is 8. The van der Waals surface area contributed by atoms with Crippen LogP contribution in [0.4, 0.5) is 0 Å². The third kappa shape index (κ3) is 26.7. The van der Waals surface area contributed by atoms with Crippen LogP contribution in [0.5, 0.6) is 0 Å². The van der Waals surface area contributed by atoms with Crippen LogP contribution in [0.15, 0.2) is 35.5 Å². The smallest absolute Gasteiger partial charge is 0.183 e. The van der Waals surface area contributed by atoms with Crippen molar-refractivity contribution >= 4 is 19.8 Å². The molecule has 0 aliphatic heterocycles. The number of halogens is 2. The van der Waals surface area contributed by atoms with Gasteiger partial charge in [0.05, 0.1) is 0 Å². The Morgan fingerprint density at radius 1 is 0.800 bits per heavy atom. The van der Waals surface area contributed by atoms with Gasteiger partial charge in [-0.1, -0.05) is 12.8 Å². The molecule has 0 aromatic heterocycles. The summed E-state index contributed by atoms with van der Waals surface area (Å²) in [5.74, 6) is 0. The fourth-order valence-corrected chi connectivity index (χ4v) is 3.61. The van der Waals surface area contributed by atoms with Crippen molar-refractivity contribution in [1.82, 2.24) is 0 Å². The van der Waals surface area contributed by atoms with Gasteiger partial charge < -0.3 is 33.7 Å².